The molecule has 132 valence electrons. The van der Waals surface area contributed by atoms with Crippen molar-refractivity contribution in [3.05, 3.63) is 64.8 Å². The topological polar surface area (TPSA) is 43.9 Å². The first-order valence-corrected chi connectivity index (χ1v) is 8.60. The van der Waals surface area contributed by atoms with Gasteiger partial charge in [0.15, 0.2) is 11.5 Å². The van der Waals surface area contributed by atoms with Crippen LogP contribution in [0.2, 0.25) is 5.02 Å². The molecule has 9 heteroatoms. The van der Waals surface area contributed by atoms with Gasteiger partial charge < -0.3 is 4.42 Å². The van der Waals surface area contributed by atoms with Crippen molar-refractivity contribution in [2.24, 2.45) is 0 Å². The summed E-state index contributed by atoms with van der Waals surface area (Å²) in [6.07, 6.45) is -3.20. The lowest BCUT2D eigenvalue weighted by atomic mass is 10.2. The fourth-order valence-corrected chi connectivity index (χ4v) is 3.31. The average molecular weight is 396 g/mol. The van der Waals surface area contributed by atoms with E-state index in [2.05, 4.69) is 10.1 Å². The molecule has 0 bridgehead atoms. The van der Waals surface area contributed by atoms with E-state index in [1.54, 1.807) is 41.8 Å². The van der Waals surface area contributed by atoms with Crippen LogP contribution in [0.15, 0.2) is 58.5 Å². The molecule has 0 aliphatic carbocycles. The van der Waals surface area contributed by atoms with Crippen molar-refractivity contribution < 1.29 is 17.6 Å². The molecule has 26 heavy (non-hydrogen) atoms. The Kier molecular flexibility index (Phi) is 4.08. The van der Waals surface area contributed by atoms with Gasteiger partial charge in [0, 0.05) is 22.0 Å². The summed E-state index contributed by atoms with van der Waals surface area (Å²) in [7, 11) is 0. The number of halogens is 4. The second-order valence-electron chi connectivity index (χ2n) is 5.32. The maximum absolute atomic E-state index is 13.4. The summed E-state index contributed by atoms with van der Waals surface area (Å²) in [4.78, 5) is 4.29. The molecule has 3 aromatic heterocycles. The molecular weight excluding hydrogens is 387 g/mol. The van der Waals surface area contributed by atoms with Gasteiger partial charge in [0.1, 0.15) is 5.69 Å². The molecule has 3 heterocycles. The lowest BCUT2D eigenvalue weighted by Gasteiger charge is -2.07. The summed E-state index contributed by atoms with van der Waals surface area (Å²) >= 11 is 6.93. The largest absolute Gasteiger partial charge is 0.463 e. The summed E-state index contributed by atoms with van der Waals surface area (Å²) in [5, 5.41) is 6.39. The minimum Gasteiger partial charge on any atom is -0.463 e. The molecule has 0 saturated heterocycles. The van der Waals surface area contributed by atoms with Crippen molar-refractivity contribution in [3.8, 4) is 27.8 Å². The number of rotatable bonds is 3. The van der Waals surface area contributed by atoms with E-state index in [4.69, 9.17) is 16.0 Å². The van der Waals surface area contributed by atoms with Gasteiger partial charge >= 0.3 is 6.18 Å². The van der Waals surface area contributed by atoms with Crippen LogP contribution >= 0.6 is 22.9 Å². The van der Waals surface area contributed by atoms with Crippen molar-refractivity contribution in [2.45, 2.75) is 6.18 Å². The van der Waals surface area contributed by atoms with Gasteiger partial charge in [-0.05, 0) is 24.3 Å². The van der Waals surface area contributed by atoms with E-state index in [9.17, 15) is 13.2 Å². The van der Waals surface area contributed by atoms with Crippen LogP contribution in [0.3, 0.4) is 0 Å². The molecule has 1 aromatic carbocycles. The summed E-state index contributed by atoms with van der Waals surface area (Å²) in [6.45, 7) is 0. The lowest BCUT2D eigenvalue weighted by molar-refractivity contribution is -0.142. The Morgan fingerprint density at radius 2 is 1.85 bits per heavy atom. The van der Waals surface area contributed by atoms with Gasteiger partial charge in [-0.3, -0.25) is 0 Å². The predicted molar refractivity (Wildman–Crippen MR) is 92.4 cm³/mol. The van der Waals surface area contributed by atoms with Crippen molar-refractivity contribution in [3.63, 3.8) is 0 Å². The quantitative estimate of drug-likeness (QED) is 0.432. The first kappa shape index (κ1) is 16.9. The molecule has 0 fully saturated rings. The van der Waals surface area contributed by atoms with Crippen molar-refractivity contribution in [1.29, 1.82) is 0 Å². The van der Waals surface area contributed by atoms with Gasteiger partial charge in [-0.25, -0.2) is 9.67 Å². The summed E-state index contributed by atoms with van der Waals surface area (Å²) < 4.78 is 46.2. The van der Waals surface area contributed by atoms with Gasteiger partial charge in [-0.2, -0.15) is 18.3 Å². The number of hydrogen-bond donors (Lipinski definition) is 0. The Morgan fingerprint density at radius 1 is 1.08 bits per heavy atom. The van der Waals surface area contributed by atoms with E-state index < -0.39 is 11.9 Å². The van der Waals surface area contributed by atoms with Crippen LogP contribution < -0.4 is 0 Å². The van der Waals surface area contributed by atoms with Crippen molar-refractivity contribution >= 4 is 22.9 Å². The molecule has 0 N–H and O–H groups in total. The third-order valence-electron chi connectivity index (χ3n) is 3.59. The van der Waals surface area contributed by atoms with E-state index in [1.165, 1.54) is 6.26 Å². The van der Waals surface area contributed by atoms with Crippen LogP contribution in [0.1, 0.15) is 5.69 Å². The lowest BCUT2D eigenvalue weighted by Crippen LogP contribution is -2.13. The smallest absolute Gasteiger partial charge is 0.433 e. The molecule has 0 atom stereocenters. The van der Waals surface area contributed by atoms with Gasteiger partial charge in [0.2, 0.25) is 5.13 Å². The highest BCUT2D eigenvalue weighted by molar-refractivity contribution is 7.12. The van der Waals surface area contributed by atoms with Gasteiger partial charge in [-0.15, -0.1) is 11.3 Å². The third-order valence-corrected chi connectivity index (χ3v) is 4.65. The molecule has 0 radical (unpaired) electrons. The highest BCUT2D eigenvalue weighted by Gasteiger charge is 2.37. The van der Waals surface area contributed by atoms with Crippen LogP contribution in [0.5, 0.6) is 0 Å². The molecule has 0 unspecified atom stereocenters. The molecule has 0 aliphatic rings. The summed E-state index contributed by atoms with van der Waals surface area (Å²) in [5.74, 6) is 0.253. The standard InChI is InChI=1S/C17H9ClF3N3OS/c18-11-5-3-10(4-6-11)13-9-26-16(22-13)24-15(17(19,20)21)8-12(23-24)14-2-1-7-25-14/h1-9H. The Hall–Kier alpha value is -2.58. The zero-order chi connectivity index (χ0) is 18.3. The maximum Gasteiger partial charge on any atom is 0.433 e. The molecule has 0 aliphatic heterocycles. The first-order chi connectivity index (χ1) is 12.4. The van der Waals surface area contributed by atoms with E-state index >= 15 is 0 Å². The third kappa shape index (κ3) is 3.13. The van der Waals surface area contributed by atoms with Crippen molar-refractivity contribution in [1.82, 2.24) is 14.8 Å². The highest BCUT2D eigenvalue weighted by Crippen LogP contribution is 2.35. The Labute approximate surface area is 154 Å². The number of furan rings is 1. The van der Waals surface area contributed by atoms with E-state index in [-0.39, 0.29) is 16.6 Å². The second kappa shape index (κ2) is 6.30. The fourth-order valence-electron chi connectivity index (χ4n) is 2.39. The fraction of sp³-hybridized carbons (Fsp3) is 0.0588. The second-order valence-corrected chi connectivity index (χ2v) is 6.60. The zero-order valence-corrected chi connectivity index (χ0v) is 14.4. The minimum atomic E-state index is -4.58. The van der Waals surface area contributed by atoms with Crippen LogP contribution in [0.25, 0.3) is 27.8 Å². The van der Waals surface area contributed by atoms with Crippen LogP contribution in [-0.4, -0.2) is 14.8 Å². The molecule has 0 amide bonds. The minimum absolute atomic E-state index is 0.0885. The van der Waals surface area contributed by atoms with E-state index in [0.29, 0.717) is 10.7 Å². The zero-order valence-electron chi connectivity index (χ0n) is 12.9. The summed E-state index contributed by atoms with van der Waals surface area (Å²) in [6, 6.07) is 11.0. The number of hydrogen-bond acceptors (Lipinski definition) is 4. The molecule has 4 nitrogen and oxygen atoms in total. The Bertz CT molecular complexity index is 1040. The van der Waals surface area contributed by atoms with Gasteiger partial charge in [-0.1, -0.05) is 23.7 Å². The molecular formula is C17H9ClF3N3OS. The van der Waals surface area contributed by atoms with Crippen molar-refractivity contribution in [2.75, 3.05) is 0 Å². The number of thiazole rings is 1. The number of benzene rings is 1. The number of aromatic nitrogens is 3. The molecule has 4 aromatic rings. The van der Waals surface area contributed by atoms with Gasteiger partial charge in [0.05, 0.1) is 12.0 Å². The first-order valence-electron chi connectivity index (χ1n) is 7.35. The van der Waals surface area contributed by atoms with Crippen LogP contribution in [0.4, 0.5) is 13.2 Å². The number of nitrogens with zero attached hydrogens (tertiary/aromatic N) is 3. The van der Waals surface area contributed by atoms with Crippen LogP contribution in [0, 0.1) is 0 Å². The Balaban J connectivity index is 1.79. The highest BCUT2D eigenvalue weighted by atomic mass is 35.5. The normalized spacial score (nSPS) is 11.8. The SMILES string of the molecule is FC(F)(F)c1cc(-c2ccco2)nn1-c1nc(-c2ccc(Cl)cc2)cs1. The van der Waals surface area contributed by atoms with E-state index in [1.807, 2.05) is 0 Å². The van der Waals surface area contributed by atoms with Crippen LogP contribution in [-0.2, 0) is 6.18 Å². The Morgan fingerprint density at radius 3 is 2.50 bits per heavy atom. The average Bonchev–Trinajstić information content (AvgIpc) is 3.33. The molecule has 4 rings (SSSR count). The molecule has 0 spiro atoms. The summed E-state index contributed by atoms with van der Waals surface area (Å²) in [5.41, 5.74) is 0.472. The molecule has 0 saturated carbocycles. The number of alkyl halides is 3. The van der Waals surface area contributed by atoms with E-state index in [0.717, 1.165) is 27.6 Å². The van der Waals surface area contributed by atoms with Gasteiger partial charge in [0.25, 0.3) is 0 Å². The monoisotopic (exact) mass is 395 g/mol. The predicted octanol–water partition coefficient (Wildman–Crippen LogP) is 5.93. The maximum atomic E-state index is 13.4.